The maximum Gasteiger partial charge on any atom is 0.226 e. The van der Waals surface area contributed by atoms with E-state index in [1.165, 1.54) is 6.92 Å². The first-order valence-corrected chi connectivity index (χ1v) is 8.57. The summed E-state index contributed by atoms with van der Waals surface area (Å²) in [6, 6.07) is 13.4. The number of anilines is 2. The summed E-state index contributed by atoms with van der Waals surface area (Å²) in [5.74, 6) is -0.207. The lowest BCUT2D eigenvalue weighted by molar-refractivity contribution is -0.117. The average molecular weight is 389 g/mol. The van der Waals surface area contributed by atoms with Gasteiger partial charge in [-0.1, -0.05) is 23.8 Å². The third-order valence-corrected chi connectivity index (χ3v) is 4.34. The molecule has 0 aliphatic heterocycles. The first kappa shape index (κ1) is 18.2. The zero-order chi connectivity index (χ0) is 17.7. The summed E-state index contributed by atoms with van der Waals surface area (Å²) in [4.78, 5) is 25.7. The summed E-state index contributed by atoms with van der Waals surface area (Å²) in [5, 5.41) is 2.87. The van der Waals surface area contributed by atoms with Gasteiger partial charge in [-0.25, -0.2) is 0 Å². The summed E-state index contributed by atoms with van der Waals surface area (Å²) in [5.41, 5.74) is 3.78. The molecule has 0 heterocycles. The second-order valence-corrected chi connectivity index (χ2v) is 6.64. The second kappa shape index (κ2) is 8.11. The van der Waals surface area contributed by atoms with Crippen LogP contribution in [0.15, 0.2) is 46.9 Å². The van der Waals surface area contributed by atoms with Crippen LogP contribution in [0.3, 0.4) is 0 Å². The van der Waals surface area contributed by atoms with Crippen molar-refractivity contribution in [3.05, 3.63) is 58.1 Å². The van der Waals surface area contributed by atoms with Gasteiger partial charge in [-0.2, -0.15) is 0 Å². The van der Waals surface area contributed by atoms with Crippen LogP contribution < -0.4 is 10.2 Å². The van der Waals surface area contributed by atoms with Crippen LogP contribution in [-0.2, 0) is 9.59 Å². The fourth-order valence-corrected chi connectivity index (χ4v) is 2.93. The molecule has 0 saturated heterocycles. The van der Waals surface area contributed by atoms with Crippen molar-refractivity contribution in [1.82, 2.24) is 0 Å². The lowest BCUT2D eigenvalue weighted by Gasteiger charge is -2.21. The van der Waals surface area contributed by atoms with Gasteiger partial charge in [0.2, 0.25) is 11.8 Å². The highest BCUT2D eigenvalue weighted by atomic mass is 79.9. The lowest BCUT2D eigenvalue weighted by atomic mass is 10.2. The van der Waals surface area contributed by atoms with Crippen molar-refractivity contribution in [2.45, 2.75) is 27.2 Å². The molecule has 0 unspecified atom stereocenters. The molecule has 126 valence electrons. The van der Waals surface area contributed by atoms with E-state index >= 15 is 0 Å². The maximum absolute atomic E-state index is 12.2. The number of carbonyl (C=O) groups is 2. The van der Waals surface area contributed by atoms with E-state index in [2.05, 4.69) is 21.2 Å². The Bertz CT molecular complexity index is 742. The zero-order valence-corrected chi connectivity index (χ0v) is 15.7. The minimum atomic E-state index is -0.127. The number of nitrogens with one attached hydrogen (secondary N) is 1. The quantitative estimate of drug-likeness (QED) is 0.822. The number of hydrogen-bond donors (Lipinski definition) is 1. The van der Waals surface area contributed by atoms with Crippen LogP contribution in [0.25, 0.3) is 0 Å². The van der Waals surface area contributed by atoms with Crippen LogP contribution >= 0.6 is 15.9 Å². The predicted molar refractivity (Wildman–Crippen MR) is 101 cm³/mol. The molecule has 0 atom stereocenters. The first-order valence-electron chi connectivity index (χ1n) is 7.77. The molecular weight excluding hydrogens is 368 g/mol. The number of hydrogen-bond acceptors (Lipinski definition) is 2. The van der Waals surface area contributed by atoms with E-state index in [1.54, 1.807) is 4.90 Å². The van der Waals surface area contributed by atoms with Crippen LogP contribution in [-0.4, -0.2) is 18.4 Å². The molecule has 5 heteroatoms. The van der Waals surface area contributed by atoms with Crippen molar-refractivity contribution in [2.24, 2.45) is 0 Å². The molecule has 24 heavy (non-hydrogen) atoms. The average Bonchev–Trinajstić information content (AvgIpc) is 2.52. The minimum Gasteiger partial charge on any atom is -0.325 e. The minimum absolute atomic E-state index is 0.0804. The molecule has 4 nitrogen and oxygen atoms in total. The Labute approximate surface area is 151 Å². The smallest absolute Gasteiger partial charge is 0.226 e. The van der Waals surface area contributed by atoms with Crippen LogP contribution in [0.5, 0.6) is 0 Å². The molecule has 2 amide bonds. The highest BCUT2D eigenvalue weighted by Crippen LogP contribution is 2.23. The first-order chi connectivity index (χ1) is 11.4. The number of benzene rings is 2. The Morgan fingerprint density at radius 2 is 1.67 bits per heavy atom. The van der Waals surface area contributed by atoms with E-state index in [1.807, 2.05) is 56.3 Å². The Balaban J connectivity index is 2.00. The van der Waals surface area contributed by atoms with Crippen LogP contribution in [0.4, 0.5) is 11.4 Å². The largest absolute Gasteiger partial charge is 0.325 e. The van der Waals surface area contributed by atoms with Gasteiger partial charge < -0.3 is 10.2 Å². The van der Waals surface area contributed by atoms with Crippen LogP contribution in [0.2, 0.25) is 0 Å². The lowest BCUT2D eigenvalue weighted by Crippen LogP contribution is -2.31. The fourth-order valence-electron chi connectivity index (χ4n) is 2.34. The molecule has 0 radical (unpaired) electrons. The zero-order valence-electron chi connectivity index (χ0n) is 14.1. The van der Waals surface area contributed by atoms with Gasteiger partial charge in [0.25, 0.3) is 0 Å². The normalized spacial score (nSPS) is 10.3. The molecule has 0 aliphatic rings. The summed E-state index contributed by atoms with van der Waals surface area (Å²) < 4.78 is 0.845. The Kier molecular flexibility index (Phi) is 6.15. The summed E-state index contributed by atoms with van der Waals surface area (Å²) in [6.45, 7) is 5.83. The van der Waals surface area contributed by atoms with E-state index < -0.39 is 0 Å². The van der Waals surface area contributed by atoms with Crippen LogP contribution in [0.1, 0.15) is 24.5 Å². The highest BCUT2D eigenvalue weighted by Gasteiger charge is 2.14. The van der Waals surface area contributed by atoms with Gasteiger partial charge in [-0.15, -0.1) is 0 Å². The summed E-state index contributed by atoms with van der Waals surface area (Å²) in [7, 11) is 0. The molecular formula is C19H21BrN2O2. The van der Waals surface area contributed by atoms with E-state index in [9.17, 15) is 9.59 Å². The molecule has 1 N–H and O–H groups in total. The maximum atomic E-state index is 12.2. The van der Waals surface area contributed by atoms with E-state index in [0.29, 0.717) is 6.54 Å². The number of amides is 2. The van der Waals surface area contributed by atoms with Crippen molar-refractivity contribution < 1.29 is 9.59 Å². The van der Waals surface area contributed by atoms with Gasteiger partial charge in [0.1, 0.15) is 0 Å². The van der Waals surface area contributed by atoms with Crippen molar-refractivity contribution in [1.29, 1.82) is 0 Å². The van der Waals surface area contributed by atoms with Gasteiger partial charge in [0.05, 0.1) is 5.69 Å². The highest BCUT2D eigenvalue weighted by molar-refractivity contribution is 9.10. The molecule has 0 aromatic heterocycles. The molecule has 0 spiro atoms. The van der Waals surface area contributed by atoms with E-state index in [0.717, 1.165) is 27.0 Å². The predicted octanol–water partition coefficient (Wildman–Crippen LogP) is 4.45. The van der Waals surface area contributed by atoms with Gasteiger partial charge in [-0.05, 0) is 59.6 Å². The molecule has 0 fully saturated rings. The molecule has 0 aliphatic carbocycles. The van der Waals surface area contributed by atoms with Crippen LogP contribution in [0, 0.1) is 13.8 Å². The topological polar surface area (TPSA) is 49.4 Å². The molecule has 0 bridgehead atoms. The second-order valence-electron chi connectivity index (χ2n) is 5.79. The fraction of sp³-hybridized carbons (Fsp3) is 0.263. The number of carbonyl (C=O) groups excluding carboxylic acids is 2. The van der Waals surface area contributed by atoms with Crippen molar-refractivity contribution >= 4 is 39.1 Å². The third-order valence-electron chi connectivity index (χ3n) is 3.69. The molecule has 2 aromatic carbocycles. The standard InChI is InChI=1S/C19H21BrN2O2/c1-13-4-7-16(8-5-13)22(15(3)23)11-10-19(24)21-18-9-6-14(2)12-17(18)20/h4-9,12H,10-11H2,1-3H3,(H,21,24). The van der Waals surface area contributed by atoms with Gasteiger partial charge in [0, 0.05) is 30.0 Å². The Morgan fingerprint density at radius 3 is 2.25 bits per heavy atom. The molecule has 2 aromatic rings. The Hall–Kier alpha value is -2.14. The number of rotatable bonds is 5. The molecule has 0 saturated carbocycles. The third kappa shape index (κ3) is 4.93. The SMILES string of the molecule is CC(=O)N(CCC(=O)Nc1ccc(C)cc1Br)c1ccc(C)cc1. The van der Waals surface area contributed by atoms with Gasteiger partial charge in [-0.3, -0.25) is 9.59 Å². The number of halogens is 1. The number of nitrogens with zero attached hydrogens (tertiary/aromatic N) is 1. The monoisotopic (exact) mass is 388 g/mol. The molecule has 2 rings (SSSR count). The van der Waals surface area contributed by atoms with Crippen molar-refractivity contribution in [3.8, 4) is 0 Å². The van der Waals surface area contributed by atoms with E-state index in [-0.39, 0.29) is 18.2 Å². The van der Waals surface area contributed by atoms with Gasteiger partial charge >= 0.3 is 0 Å². The Morgan fingerprint density at radius 1 is 1.04 bits per heavy atom. The van der Waals surface area contributed by atoms with Gasteiger partial charge in [0.15, 0.2) is 0 Å². The van der Waals surface area contributed by atoms with E-state index in [4.69, 9.17) is 0 Å². The number of aryl methyl sites for hydroxylation is 2. The van der Waals surface area contributed by atoms with Crippen molar-refractivity contribution in [2.75, 3.05) is 16.8 Å². The summed E-state index contributed by atoms with van der Waals surface area (Å²) in [6.07, 6.45) is 0.230. The summed E-state index contributed by atoms with van der Waals surface area (Å²) >= 11 is 3.44. The van der Waals surface area contributed by atoms with Crippen molar-refractivity contribution in [3.63, 3.8) is 0 Å².